The molecule has 0 aliphatic heterocycles. The minimum absolute atomic E-state index is 0.199. The maximum atomic E-state index is 12.4. The van der Waals surface area contributed by atoms with Gasteiger partial charge in [-0.2, -0.15) is 0 Å². The number of rotatable bonds is 43. The molecule has 0 aromatic rings. The Hall–Kier alpha value is -1.73. The largest absolute Gasteiger partial charge is 0.469 e. The van der Waals surface area contributed by atoms with Crippen molar-refractivity contribution in [2.75, 3.05) is 13.2 Å². The Kier molecular flexibility index (Phi) is 41.5. The molecular weight excluding hydrogens is 723 g/mol. The first-order chi connectivity index (χ1) is 27.3. The third kappa shape index (κ3) is 45.0. The van der Waals surface area contributed by atoms with Crippen molar-refractivity contribution in [1.29, 1.82) is 0 Å². The second-order valence-corrected chi connectivity index (χ2v) is 17.0. The zero-order valence-corrected chi connectivity index (χ0v) is 37.2. The van der Waals surface area contributed by atoms with E-state index in [4.69, 9.17) is 19.3 Å². The third-order valence-corrected chi connectivity index (χ3v) is 10.6. The molecule has 8 nitrogen and oxygen atoms in total. The number of carbonyl (C=O) groups excluding carboxylic acids is 2. The van der Waals surface area contributed by atoms with Crippen molar-refractivity contribution in [3.05, 3.63) is 36.5 Å². The summed E-state index contributed by atoms with van der Waals surface area (Å²) in [6.07, 6.45) is 51.5. The van der Waals surface area contributed by atoms with Crippen LogP contribution in [0.25, 0.3) is 0 Å². The average Bonchev–Trinajstić information content (AvgIpc) is 3.17. The molecular formula is C47H87O8P. The summed E-state index contributed by atoms with van der Waals surface area (Å²) in [5.41, 5.74) is 0. The van der Waals surface area contributed by atoms with E-state index in [1.54, 1.807) is 0 Å². The Morgan fingerprint density at radius 3 is 1.23 bits per heavy atom. The SMILES string of the molecule is CCCCC/C=C\C/C=C\C/C=C\CCCCCCCCC(=O)OC(COC(=O)CCCCCCCCCCCCCCCCCCCCC)COP(=O)(O)O. The lowest BCUT2D eigenvalue weighted by molar-refractivity contribution is -0.161. The van der Waals surface area contributed by atoms with Gasteiger partial charge < -0.3 is 19.3 Å². The van der Waals surface area contributed by atoms with Crippen molar-refractivity contribution < 1.29 is 37.9 Å². The fraction of sp³-hybridized carbons (Fsp3) is 0.830. The monoisotopic (exact) mass is 811 g/mol. The van der Waals surface area contributed by atoms with E-state index in [2.05, 4.69) is 54.8 Å². The molecule has 0 saturated carbocycles. The van der Waals surface area contributed by atoms with Gasteiger partial charge in [0.15, 0.2) is 6.10 Å². The van der Waals surface area contributed by atoms with Gasteiger partial charge in [0.25, 0.3) is 0 Å². The maximum Gasteiger partial charge on any atom is 0.469 e. The van der Waals surface area contributed by atoms with Gasteiger partial charge in [-0.25, -0.2) is 4.57 Å². The number of carbonyl (C=O) groups is 2. The van der Waals surface area contributed by atoms with Gasteiger partial charge in [0.2, 0.25) is 0 Å². The van der Waals surface area contributed by atoms with E-state index in [0.717, 1.165) is 70.6 Å². The summed E-state index contributed by atoms with van der Waals surface area (Å²) >= 11 is 0. The summed E-state index contributed by atoms with van der Waals surface area (Å²) in [7, 11) is -4.76. The van der Waals surface area contributed by atoms with E-state index in [1.165, 1.54) is 128 Å². The van der Waals surface area contributed by atoms with Gasteiger partial charge in [0, 0.05) is 12.8 Å². The summed E-state index contributed by atoms with van der Waals surface area (Å²) < 4.78 is 26.5. The second kappa shape index (κ2) is 42.9. The van der Waals surface area contributed by atoms with Crippen LogP contribution in [0.5, 0.6) is 0 Å². The first-order valence-corrected chi connectivity index (χ1v) is 24.8. The van der Waals surface area contributed by atoms with Crippen LogP contribution in [0.15, 0.2) is 36.5 Å². The molecule has 0 radical (unpaired) electrons. The molecule has 0 heterocycles. The smallest absolute Gasteiger partial charge is 0.462 e. The molecule has 0 bridgehead atoms. The summed E-state index contributed by atoms with van der Waals surface area (Å²) in [5, 5.41) is 0. The van der Waals surface area contributed by atoms with Crippen molar-refractivity contribution in [2.45, 2.75) is 238 Å². The Morgan fingerprint density at radius 2 is 0.804 bits per heavy atom. The number of esters is 2. The minimum Gasteiger partial charge on any atom is -0.462 e. The molecule has 2 N–H and O–H groups in total. The van der Waals surface area contributed by atoms with Crippen LogP contribution in [-0.2, 0) is 28.2 Å². The van der Waals surface area contributed by atoms with Crippen molar-refractivity contribution >= 4 is 19.8 Å². The van der Waals surface area contributed by atoms with Gasteiger partial charge in [0.05, 0.1) is 6.61 Å². The molecule has 0 spiro atoms. The number of phosphoric acid groups is 1. The van der Waals surface area contributed by atoms with Gasteiger partial charge in [-0.3, -0.25) is 14.1 Å². The van der Waals surface area contributed by atoms with Crippen LogP contribution in [-0.4, -0.2) is 41.0 Å². The topological polar surface area (TPSA) is 119 Å². The zero-order chi connectivity index (χ0) is 41.1. The van der Waals surface area contributed by atoms with Crippen molar-refractivity contribution in [3.8, 4) is 0 Å². The highest BCUT2D eigenvalue weighted by molar-refractivity contribution is 7.46. The van der Waals surface area contributed by atoms with Gasteiger partial charge in [-0.05, 0) is 51.4 Å². The summed E-state index contributed by atoms with van der Waals surface area (Å²) in [5.74, 6) is -0.890. The fourth-order valence-electron chi connectivity index (χ4n) is 6.68. The zero-order valence-electron chi connectivity index (χ0n) is 36.3. The molecule has 0 aromatic heterocycles. The van der Waals surface area contributed by atoms with Gasteiger partial charge in [-0.1, -0.05) is 204 Å². The highest BCUT2D eigenvalue weighted by Gasteiger charge is 2.23. The van der Waals surface area contributed by atoms with Crippen LogP contribution in [0.1, 0.15) is 232 Å². The van der Waals surface area contributed by atoms with E-state index in [0.29, 0.717) is 6.42 Å². The molecule has 1 unspecified atom stereocenters. The van der Waals surface area contributed by atoms with Crippen molar-refractivity contribution in [2.24, 2.45) is 0 Å². The van der Waals surface area contributed by atoms with Crippen LogP contribution < -0.4 is 0 Å². The van der Waals surface area contributed by atoms with Crippen LogP contribution in [0, 0.1) is 0 Å². The van der Waals surface area contributed by atoms with Gasteiger partial charge >= 0.3 is 19.8 Å². The summed E-state index contributed by atoms with van der Waals surface area (Å²) in [4.78, 5) is 43.0. The normalized spacial score (nSPS) is 12.7. The number of hydrogen-bond donors (Lipinski definition) is 2. The molecule has 0 aromatic carbocycles. The average molecular weight is 811 g/mol. The number of unbranched alkanes of at least 4 members (excludes halogenated alkanes) is 27. The van der Waals surface area contributed by atoms with Crippen LogP contribution in [0.3, 0.4) is 0 Å². The first-order valence-electron chi connectivity index (χ1n) is 23.3. The van der Waals surface area contributed by atoms with Gasteiger partial charge in [-0.15, -0.1) is 0 Å². The number of allylic oxidation sites excluding steroid dienone is 6. The lowest BCUT2D eigenvalue weighted by Gasteiger charge is -2.18. The maximum absolute atomic E-state index is 12.4. The summed E-state index contributed by atoms with van der Waals surface area (Å²) in [6, 6.07) is 0. The van der Waals surface area contributed by atoms with Crippen molar-refractivity contribution in [3.63, 3.8) is 0 Å². The molecule has 0 rings (SSSR count). The number of hydrogen-bond acceptors (Lipinski definition) is 6. The Labute approximate surface area is 344 Å². The van der Waals surface area contributed by atoms with Crippen molar-refractivity contribution in [1.82, 2.24) is 0 Å². The standard InChI is InChI=1S/C47H87O8P/c1-3-5-7-9-11-13-15-17-19-21-23-25-27-29-31-33-35-37-39-41-46(48)53-43-45(44-54-56(50,51)52)55-47(49)42-40-38-36-34-32-30-28-26-24-22-20-18-16-14-12-10-8-6-4-2/h12,14,18,20,24,26,45H,3-11,13,15-17,19,21-23,25,27-44H2,1-2H3,(H2,50,51,52)/b14-12-,20-18-,26-24-. The predicted molar refractivity (Wildman–Crippen MR) is 235 cm³/mol. The molecule has 56 heavy (non-hydrogen) atoms. The molecule has 1 atom stereocenters. The highest BCUT2D eigenvalue weighted by Crippen LogP contribution is 2.36. The lowest BCUT2D eigenvalue weighted by atomic mass is 10.0. The quantitative estimate of drug-likeness (QED) is 0.0270. The molecule has 0 aliphatic rings. The van der Waals surface area contributed by atoms with E-state index in [9.17, 15) is 14.2 Å². The van der Waals surface area contributed by atoms with Crippen LogP contribution >= 0.6 is 7.82 Å². The molecule has 328 valence electrons. The first kappa shape index (κ1) is 54.3. The lowest BCUT2D eigenvalue weighted by Crippen LogP contribution is -2.29. The van der Waals surface area contributed by atoms with E-state index in [-0.39, 0.29) is 19.4 Å². The van der Waals surface area contributed by atoms with Crippen LogP contribution in [0.2, 0.25) is 0 Å². The second-order valence-electron chi connectivity index (χ2n) is 15.7. The van der Waals surface area contributed by atoms with E-state index in [1.807, 2.05) is 0 Å². The highest BCUT2D eigenvalue weighted by atomic mass is 31.2. The summed E-state index contributed by atoms with van der Waals surface area (Å²) in [6.45, 7) is 3.68. The van der Waals surface area contributed by atoms with E-state index >= 15 is 0 Å². The Bertz CT molecular complexity index is 1000. The minimum atomic E-state index is -4.76. The van der Waals surface area contributed by atoms with Gasteiger partial charge in [0.1, 0.15) is 6.61 Å². The van der Waals surface area contributed by atoms with Crippen LogP contribution in [0.4, 0.5) is 0 Å². The molecule has 0 fully saturated rings. The molecule has 9 heteroatoms. The Balaban J connectivity index is 3.87. The molecule has 0 aliphatic carbocycles. The molecule has 0 amide bonds. The third-order valence-electron chi connectivity index (χ3n) is 10.2. The predicted octanol–water partition coefficient (Wildman–Crippen LogP) is 14.5. The molecule has 0 saturated heterocycles. The Morgan fingerprint density at radius 1 is 0.464 bits per heavy atom. The fourth-order valence-corrected chi connectivity index (χ4v) is 7.04. The number of phosphoric ester groups is 1. The van der Waals surface area contributed by atoms with E-state index < -0.39 is 32.5 Å². The number of ether oxygens (including phenoxy) is 2.